The molecule has 1 aromatic heterocycles. The van der Waals surface area contributed by atoms with Gasteiger partial charge in [0.25, 0.3) is 0 Å². The quantitative estimate of drug-likeness (QED) is 0.613. The molecule has 1 rings (SSSR count). The van der Waals surface area contributed by atoms with E-state index in [-0.39, 0.29) is 12.5 Å². The van der Waals surface area contributed by atoms with E-state index in [4.69, 9.17) is 0 Å². The molecule has 0 saturated heterocycles. The minimum atomic E-state index is -0.323. The van der Waals surface area contributed by atoms with Crippen molar-refractivity contribution in [1.29, 1.82) is 0 Å². The number of ether oxygens (including phenoxy) is 1. The van der Waals surface area contributed by atoms with E-state index in [2.05, 4.69) is 20.4 Å². The van der Waals surface area contributed by atoms with Crippen LogP contribution in [0, 0.1) is 0 Å². The number of nitrogens with zero attached hydrogens (tertiary/aromatic N) is 3. The molecule has 0 amide bonds. The second-order valence-corrected chi connectivity index (χ2v) is 2.17. The molecule has 0 aromatic carbocycles. The lowest BCUT2D eigenvalue weighted by Gasteiger charge is -2.02. The highest BCUT2D eigenvalue weighted by Gasteiger charge is 2.02. The molecule has 0 spiro atoms. The monoisotopic (exact) mass is 170 g/mol. The Morgan fingerprint density at radius 2 is 2.58 bits per heavy atom. The van der Waals surface area contributed by atoms with Crippen molar-refractivity contribution in [2.75, 3.05) is 19.0 Å². The molecule has 6 heteroatoms. The Labute approximate surface area is 69.5 Å². The molecular formula is C6H10N4O2. The first kappa shape index (κ1) is 8.51. The van der Waals surface area contributed by atoms with Crippen molar-refractivity contribution in [2.45, 2.75) is 0 Å². The molecule has 0 unspecified atom stereocenters. The minimum Gasteiger partial charge on any atom is -0.468 e. The number of rotatable bonds is 3. The SMILES string of the molecule is COC(=O)CNc1cnnn1C. The van der Waals surface area contributed by atoms with Gasteiger partial charge in [-0.2, -0.15) is 0 Å². The van der Waals surface area contributed by atoms with Crippen LogP contribution < -0.4 is 5.32 Å². The summed E-state index contributed by atoms with van der Waals surface area (Å²) in [5.41, 5.74) is 0. The highest BCUT2D eigenvalue weighted by Crippen LogP contribution is 1.98. The molecule has 0 bridgehead atoms. The smallest absolute Gasteiger partial charge is 0.325 e. The normalized spacial score (nSPS) is 9.50. The maximum Gasteiger partial charge on any atom is 0.325 e. The predicted molar refractivity (Wildman–Crippen MR) is 41.5 cm³/mol. The van der Waals surface area contributed by atoms with Crippen LogP contribution in [0.15, 0.2) is 6.20 Å². The number of nitrogens with one attached hydrogen (secondary N) is 1. The first-order valence-electron chi connectivity index (χ1n) is 3.39. The van der Waals surface area contributed by atoms with Crippen LogP contribution in [0.3, 0.4) is 0 Å². The summed E-state index contributed by atoms with van der Waals surface area (Å²) in [6.45, 7) is 0.123. The van der Waals surface area contributed by atoms with E-state index in [1.807, 2.05) is 0 Å². The number of aromatic nitrogens is 3. The van der Waals surface area contributed by atoms with Gasteiger partial charge in [0, 0.05) is 7.05 Å². The summed E-state index contributed by atoms with van der Waals surface area (Å²) in [7, 11) is 3.07. The Morgan fingerprint density at radius 3 is 3.08 bits per heavy atom. The summed E-state index contributed by atoms with van der Waals surface area (Å²) in [6.07, 6.45) is 1.53. The van der Waals surface area contributed by atoms with Gasteiger partial charge >= 0.3 is 5.97 Å². The van der Waals surface area contributed by atoms with Gasteiger partial charge in [0.05, 0.1) is 13.3 Å². The van der Waals surface area contributed by atoms with Crippen molar-refractivity contribution in [3.63, 3.8) is 0 Å². The summed E-state index contributed by atoms with van der Waals surface area (Å²) in [4.78, 5) is 10.7. The first-order valence-corrected chi connectivity index (χ1v) is 3.39. The van der Waals surface area contributed by atoms with Crippen LogP contribution in [0.2, 0.25) is 0 Å². The summed E-state index contributed by atoms with van der Waals surface area (Å²) >= 11 is 0. The van der Waals surface area contributed by atoms with Gasteiger partial charge < -0.3 is 10.1 Å². The number of carbonyl (C=O) groups is 1. The number of esters is 1. The molecule has 0 aliphatic rings. The zero-order chi connectivity index (χ0) is 8.97. The van der Waals surface area contributed by atoms with Crippen LogP contribution in [0.5, 0.6) is 0 Å². The van der Waals surface area contributed by atoms with Crippen molar-refractivity contribution < 1.29 is 9.53 Å². The molecule has 1 N–H and O–H groups in total. The zero-order valence-corrected chi connectivity index (χ0v) is 6.94. The fourth-order valence-electron chi connectivity index (χ4n) is 0.685. The van der Waals surface area contributed by atoms with Gasteiger partial charge in [0.2, 0.25) is 0 Å². The van der Waals surface area contributed by atoms with Crippen molar-refractivity contribution in [1.82, 2.24) is 15.0 Å². The maximum absolute atomic E-state index is 10.7. The Balaban J connectivity index is 2.43. The van der Waals surface area contributed by atoms with Gasteiger partial charge in [-0.25, -0.2) is 4.68 Å². The molecule has 6 nitrogen and oxygen atoms in total. The molecule has 0 radical (unpaired) electrons. The van der Waals surface area contributed by atoms with E-state index < -0.39 is 0 Å². The molecule has 0 aliphatic carbocycles. The molecule has 0 aliphatic heterocycles. The van der Waals surface area contributed by atoms with Gasteiger partial charge in [-0.15, -0.1) is 5.10 Å². The number of carbonyl (C=O) groups excluding carboxylic acids is 1. The third-order valence-electron chi connectivity index (χ3n) is 1.36. The molecule has 0 fully saturated rings. The Hall–Kier alpha value is -1.59. The van der Waals surface area contributed by atoms with E-state index in [1.165, 1.54) is 18.0 Å². The second-order valence-electron chi connectivity index (χ2n) is 2.17. The maximum atomic E-state index is 10.7. The Kier molecular flexibility index (Phi) is 2.62. The molecule has 1 heterocycles. The van der Waals surface area contributed by atoms with Gasteiger partial charge in [-0.1, -0.05) is 5.21 Å². The predicted octanol–water partition coefficient (Wildman–Crippen LogP) is -0.600. The number of aryl methyl sites for hydroxylation is 1. The highest BCUT2D eigenvalue weighted by atomic mass is 16.5. The fraction of sp³-hybridized carbons (Fsp3) is 0.500. The molecule has 12 heavy (non-hydrogen) atoms. The van der Waals surface area contributed by atoms with Crippen LogP contribution in [0.1, 0.15) is 0 Å². The van der Waals surface area contributed by atoms with Crippen molar-refractivity contribution >= 4 is 11.8 Å². The third kappa shape index (κ3) is 1.94. The van der Waals surface area contributed by atoms with E-state index in [9.17, 15) is 4.79 Å². The van der Waals surface area contributed by atoms with Gasteiger partial charge in [0.15, 0.2) is 0 Å². The zero-order valence-electron chi connectivity index (χ0n) is 6.94. The Morgan fingerprint density at radius 1 is 1.83 bits per heavy atom. The number of hydrogen-bond donors (Lipinski definition) is 1. The lowest BCUT2D eigenvalue weighted by atomic mass is 10.6. The van der Waals surface area contributed by atoms with Crippen LogP contribution in [-0.4, -0.2) is 34.6 Å². The fourth-order valence-corrected chi connectivity index (χ4v) is 0.685. The van der Waals surface area contributed by atoms with Crippen LogP contribution >= 0.6 is 0 Å². The third-order valence-corrected chi connectivity index (χ3v) is 1.36. The van der Waals surface area contributed by atoms with Gasteiger partial charge in [-0.3, -0.25) is 4.79 Å². The molecule has 0 atom stereocenters. The summed E-state index contributed by atoms with van der Waals surface area (Å²) in [5, 5.41) is 10.1. The number of methoxy groups -OCH3 is 1. The van der Waals surface area contributed by atoms with Crippen LogP contribution in [-0.2, 0) is 16.6 Å². The number of hydrogen-bond acceptors (Lipinski definition) is 5. The summed E-state index contributed by atoms with van der Waals surface area (Å²) in [5.74, 6) is 0.358. The van der Waals surface area contributed by atoms with E-state index in [0.717, 1.165) is 0 Å². The molecular weight excluding hydrogens is 160 g/mol. The van der Waals surface area contributed by atoms with Crippen LogP contribution in [0.4, 0.5) is 5.82 Å². The minimum absolute atomic E-state index is 0.123. The average molecular weight is 170 g/mol. The molecule has 0 saturated carbocycles. The van der Waals surface area contributed by atoms with E-state index in [1.54, 1.807) is 7.05 Å². The largest absolute Gasteiger partial charge is 0.468 e. The summed E-state index contributed by atoms with van der Waals surface area (Å²) < 4.78 is 5.97. The van der Waals surface area contributed by atoms with E-state index in [0.29, 0.717) is 5.82 Å². The van der Waals surface area contributed by atoms with E-state index >= 15 is 0 Å². The van der Waals surface area contributed by atoms with Gasteiger partial charge in [0.1, 0.15) is 12.4 Å². The standard InChI is InChI=1S/C6H10N4O2/c1-10-5(3-8-9-10)7-4-6(11)12-2/h3,7H,4H2,1-2H3. The van der Waals surface area contributed by atoms with Crippen molar-refractivity contribution in [2.24, 2.45) is 7.05 Å². The van der Waals surface area contributed by atoms with Crippen molar-refractivity contribution in [3.05, 3.63) is 6.20 Å². The lowest BCUT2D eigenvalue weighted by molar-refractivity contribution is -0.138. The number of anilines is 1. The topological polar surface area (TPSA) is 69.0 Å². The highest BCUT2D eigenvalue weighted by molar-refractivity contribution is 5.74. The van der Waals surface area contributed by atoms with Gasteiger partial charge in [-0.05, 0) is 0 Å². The van der Waals surface area contributed by atoms with Crippen LogP contribution in [0.25, 0.3) is 0 Å². The summed E-state index contributed by atoms with van der Waals surface area (Å²) in [6, 6.07) is 0. The molecule has 66 valence electrons. The first-order chi connectivity index (χ1) is 5.74. The van der Waals surface area contributed by atoms with Crippen molar-refractivity contribution in [3.8, 4) is 0 Å². The average Bonchev–Trinajstić information content (AvgIpc) is 2.47. The lowest BCUT2D eigenvalue weighted by Crippen LogP contribution is -2.16. The molecule has 1 aromatic rings. The Bertz CT molecular complexity index is 270. The second kappa shape index (κ2) is 3.70.